The molecule has 0 spiro atoms. The number of hydrogen-bond acceptors (Lipinski definition) is 5. The zero-order valence-electron chi connectivity index (χ0n) is 11.3. The van der Waals surface area contributed by atoms with Crippen molar-refractivity contribution in [2.75, 3.05) is 46.1 Å². The molecule has 0 bridgehead atoms. The van der Waals surface area contributed by atoms with Crippen molar-refractivity contribution in [1.29, 1.82) is 0 Å². The van der Waals surface area contributed by atoms with E-state index in [-0.39, 0.29) is 11.4 Å². The zero-order chi connectivity index (χ0) is 14.3. The molecule has 0 aliphatic carbocycles. The molecule has 0 aliphatic heterocycles. The van der Waals surface area contributed by atoms with Gasteiger partial charge in [0.15, 0.2) is 0 Å². The molecule has 0 heterocycles. The Morgan fingerprint density at radius 3 is 2.68 bits per heavy atom. The van der Waals surface area contributed by atoms with Gasteiger partial charge in [0.25, 0.3) is 0 Å². The van der Waals surface area contributed by atoms with Gasteiger partial charge in [-0.2, -0.15) is 0 Å². The lowest BCUT2D eigenvalue weighted by atomic mass is 10.3. The van der Waals surface area contributed by atoms with E-state index in [1.807, 2.05) is 19.0 Å². The maximum atomic E-state index is 11.9. The Morgan fingerprint density at radius 2 is 2.05 bits per heavy atom. The number of ether oxygens (including phenoxy) is 1. The van der Waals surface area contributed by atoms with Gasteiger partial charge in [-0.25, -0.2) is 13.1 Å². The van der Waals surface area contributed by atoms with Crippen LogP contribution in [0.4, 0.5) is 5.69 Å². The Bertz CT molecular complexity index is 489. The number of nitrogens with zero attached hydrogens (tertiary/aromatic N) is 1. The third-order valence-corrected chi connectivity index (χ3v) is 3.85. The number of nitrogens with two attached hydrogens (primary N) is 1. The van der Waals surface area contributed by atoms with E-state index in [1.54, 1.807) is 12.1 Å². The van der Waals surface area contributed by atoms with Crippen LogP contribution < -0.4 is 10.5 Å². The first-order valence-corrected chi connectivity index (χ1v) is 7.48. The van der Waals surface area contributed by atoms with Crippen molar-refractivity contribution in [2.45, 2.75) is 4.90 Å². The Kier molecular flexibility index (Phi) is 6.23. The minimum Gasteiger partial charge on any atom is -0.399 e. The Morgan fingerprint density at radius 1 is 1.32 bits per heavy atom. The Labute approximate surface area is 114 Å². The van der Waals surface area contributed by atoms with E-state index < -0.39 is 10.0 Å². The molecular weight excluding hydrogens is 266 g/mol. The lowest BCUT2D eigenvalue weighted by Crippen LogP contribution is -2.28. The van der Waals surface area contributed by atoms with Crippen molar-refractivity contribution in [3.8, 4) is 0 Å². The van der Waals surface area contributed by atoms with Crippen molar-refractivity contribution in [3.05, 3.63) is 24.3 Å². The molecule has 1 aromatic carbocycles. The fourth-order valence-corrected chi connectivity index (χ4v) is 2.43. The SMILES string of the molecule is CN(C)CCOCCNS(=O)(=O)c1cccc(N)c1. The number of nitrogens with one attached hydrogen (secondary N) is 1. The lowest BCUT2D eigenvalue weighted by Gasteiger charge is -2.10. The highest BCUT2D eigenvalue weighted by atomic mass is 32.2. The highest BCUT2D eigenvalue weighted by Crippen LogP contribution is 2.11. The van der Waals surface area contributed by atoms with Gasteiger partial charge < -0.3 is 15.4 Å². The van der Waals surface area contributed by atoms with Gasteiger partial charge in [-0.15, -0.1) is 0 Å². The molecular formula is C12H21N3O3S. The molecule has 0 unspecified atom stereocenters. The quantitative estimate of drug-likeness (QED) is 0.524. The van der Waals surface area contributed by atoms with Crippen molar-refractivity contribution < 1.29 is 13.2 Å². The summed E-state index contributed by atoms with van der Waals surface area (Å²) in [5.74, 6) is 0. The second-order valence-electron chi connectivity index (χ2n) is 4.39. The molecule has 19 heavy (non-hydrogen) atoms. The van der Waals surface area contributed by atoms with Crippen LogP contribution in [-0.2, 0) is 14.8 Å². The van der Waals surface area contributed by atoms with Crippen LogP contribution in [0.5, 0.6) is 0 Å². The van der Waals surface area contributed by atoms with Crippen LogP contribution in [0.25, 0.3) is 0 Å². The van der Waals surface area contributed by atoms with Crippen LogP contribution >= 0.6 is 0 Å². The van der Waals surface area contributed by atoms with E-state index in [0.717, 1.165) is 6.54 Å². The molecule has 0 fully saturated rings. The molecule has 3 N–H and O–H groups in total. The number of sulfonamides is 1. The fraction of sp³-hybridized carbons (Fsp3) is 0.500. The van der Waals surface area contributed by atoms with E-state index in [2.05, 4.69) is 4.72 Å². The van der Waals surface area contributed by atoms with Crippen LogP contribution in [0, 0.1) is 0 Å². The average molecular weight is 287 g/mol. The minimum atomic E-state index is -3.51. The summed E-state index contributed by atoms with van der Waals surface area (Å²) in [6, 6.07) is 6.18. The maximum absolute atomic E-state index is 11.9. The second kappa shape index (κ2) is 7.44. The van der Waals surface area contributed by atoms with Crippen molar-refractivity contribution >= 4 is 15.7 Å². The number of benzene rings is 1. The second-order valence-corrected chi connectivity index (χ2v) is 6.15. The lowest BCUT2D eigenvalue weighted by molar-refractivity contribution is 0.122. The molecule has 0 radical (unpaired) electrons. The van der Waals surface area contributed by atoms with Gasteiger partial charge in [0.1, 0.15) is 0 Å². The van der Waals surface area contributed by atoms with Gasteiger partial charge in [-0.1, -0.05) is 6.07 Å². The van der Waals surface area contributed by atoms with E-state index in [1.165, 1.54) is 12.1 Å². The summed E-state index contributed by atoms with van der Waals surface area (Å²) >= 11 is 0. The van der Waals surface area contributed by atoms with Crippen LogP contribution in [0.15, 0.2) is 29.2 Å². The standard InChI is InChI=1S/C12H21N3O3S/c1-15(2)7-9-18-8-6-14-19(16,17)12-5-3-4-11(13)10-12/h3-5,10,14H,6-9,13H2,1-2H3. The summed E-state index contributed by atoms with van der Waals surface area (Å²) in [5, 5.41) is 0. The summed E-state index contributed by atoms with van der Waals surface area (Å²) in [5.41, 5.74) is 5.98. The van der Waals surface area contributed by atoms with Crippen LogP contribution in [-0.4, -0.2) is 53.7 Å². The molecule has 0 aliphatic rings. The van der Waals surface area contributed by atoms with E-state index in [4.69, 9.17) is 10.5 Å². The molecule has 0 atom stereocenters. The zero-order valence-corrected chi connectivity index (χ0v) is 12.1. The maximum Gasteiger partial charge on any atom is 0.240 e. The van der Waals surface area contributed by atoms with Gasteiger partial charge in [-0.05, 0) is 32.3 Å². The predicted octanol–water partition coefficient (Wildman–Crippen LogP) is 0.125. The number of nitrogen functional groups attached to an aromatic ring is 1. The molecule has 0 aromatic heterocycles. The summed E-state index contributed by atoms with van der Waals surface area (Å²) in [6.45, 7) is 1.97. The van der Waals surface area contributed by atoms with E-state index >= 15 is 0 Å². The third kappa shape index (κ3) is 6.02. The summed E-state index contributed by atoms with van der Waals surface area (Å²) < 4.78 is 31.6. The van der Waals surface area contributed by atoms with Gasteiger partial charge in [0.05, 0.1) is 18.1 Å². The predicted molar refractivity (Wildman–Crippen MR) is 75.4 cm³/mol. The number of hydrogen-bond donors (Lipinski definition) is 2. The van der Waals surface area contributed by atoms with Crippen LogP contribution in [0.1, 0.15) is 0 Å². The smallest absolute Gasteiger partial charge is 0.240 e. The summed E-state index contributed by atoms with van der Waals surface area (Å²) in [4.78, 5) is 2.16. The Hall–Kier alpha value is -1.15. The average Bonchev–Trinajstić information content (AvgIpc) is 2.33. The third-order valence-electron chi connectivity index (χ3n) is 2.39. The highest BCUT2D eigenvalue weighted by molar-refractivity contribution is 7.89. The first kappa shape index (κ1) is 15.9. The summed E-state index contributed by atoms with van der Waals surface area (Å²) in [7, 11) is 0.394. The first-order valence-electron chi connectivity index (χ1n) is 5.99. The molecule has 0 saturated carbocycles. The van der Waals surface area contributed by atoms with Gasteiger partial charge >= 0.3 is 0 Å². The van der Waals surface area contributed by atoms with Crippen LogP contribution in [0.2, 0.25) is 0 Å². The number of likely N-dealkylation sites (N-methyl/N-ethyl adjacent to an activating group) is 1. The normalized spacial score (nSPS) is 11.9. The highest BCUT2D eigenvalue weighted by Gasteiger charge is 2.12. The van der Waals surface area contributed by atoms with Crippen molar-refractivity contribution in [1.82, 2.24) is 9.62 Å². The van der Waals surface area contributed by atoms with Gasteiger partial charge in [0.2, 0.25) is 10.0 Å². The van der Waals surface area contributed by atoms with Crippen molar-refractivity contribution in [3.63, 3.8) is 0 Å². The fourth-order valence-electron chi connectivity index (χ4n) is 1.36. The molecule has 6 nitrogen and oxygen atoms in total. The van der Waals surface area contributed by atoms with Crippen molar-refractivity contribution in [2.24, 2.45) is 0 Å². The number of anilines is 1. The molecule has 1 aromatic rings. The summed E-state index contributed by atoms with van der Waals surface area (Å²) in [6.07, 6.45) is 0. The monoisotopic (exact) mass is 287 g/mol. The molecule has 0 amide bonds. The Balaban J connectivity index is 2.36. The minimum absolute atomic E-state index is 0.167. The molecule has 1 rings (SSSR count). The molecule has 0 saturated heterocycles. The van der Waals surface area contributed by atoms with Gasteiger partial charge in [0, 0.05) is 18.8 Å². The first-order chi connectivity index (χ1) is 8.92. The number of rotatable bonds is 8. The van der Waals surface area contributed by atoms with E-state index in [9.17, 15) is 8.42 Å². The van der Waals surface area contributed by atoms with E-state index in [0.29, 0.717) is 18.9 Å². The van der Waals surface area contributed by atoms with Gasteiger partial charge in [-0.3, -0.25) is 0 Å². The molecule has 7 heteroatoms. The largest absolute Gasteiger partial charge is 0.399 e. The molecule has 108 valence electrons. The van der Waals surface area contributed by atoms with Crippen LogP contribution in [0.3, 0.4) is 0 Å². The topological polar surface area (TPSA) is 84.7 Å².